The van der Waals surface area contributed by atoms with Crippen LogP contribution in [0.5, 0.6) is 11.6 Å². The smallest absolute Gasteiger partial charge is 0.257 e. The van der Waals surface area contributed by atoms with Gasteiger partial charge in [0.15, 0.2) is 9.84 Å². The number of nitrogens with zero attached hydrogens (tertiary/aromatic N) is 1. The first-order valence-electron chi connectivity index (χ1n) is 7.82. The molecule has 27 heavy (non-hydrogen) atoms. The number of rotatable bonds is 5. The third-order valence-electron chi connectivity index (χ3n) is 3.54. The monoisotopic (exact) mass is 446 g/mol. The molecule has 0 saturated carbocycles. The van der Waals surface area contributed by atoms with Gasteiger partial charge in [-0.15, -0.1) is 0 Å². The van der Waals surface area contributed by atoms with Gasteiger partial charge in [-0.1, -0.05) is 28.1 Å². The van der Waals surface area contributed by atoms with Crippen LogP contribution in [-0.2, 0) is 9.84 Å². The summed E-state index contributed by atoms with van der Waals surface area (Å²) < 4.78 is 29.7. The van der Waals surface area contributed by atoms with Crippen molar-refractivity contribution in [2.24, 2.45) is 0 Å². The highest BCUT2D eigenvalue weighted by Crippen LogP contribution is 2.23. The predicted molar refractivity (Wildman–Crippen MR) is 106 cm³/mol. The number of ether oxygens (including phenoxy) is 1. The van der Waals surface area contributed by atoms with Gasteiger partial charge in [0.05, 0.1) is 10.5 Å². The highest BCUT2D eigenvalue weighted by Gasteiger charge is 2.11. The van der Waals surface area contributed by atoms with Gasteiger partial charge in [0.25, 0.3) is 5.91 Å². The number of pyridine rings is 1. The normalized spacial score (nSPS) is 11.0. The van der Waals surface area contributed by atoms with Crippen LogP contribution in [0.1, 0.15) is 10.4 Å². The van der Waals surface area contributed by atoms with Crippen molar-refractivity contribution in [3.05, 3.63) is 76.9 Å². The van der Waals surface area contributed by atoms with Crippen LogP contribution in [0.2, 0.25) is 0 Å². The van der Waals surface area contributed by atoms with Crippen molar-refractivity contribution in [3.63, 3.8) is 0 Å². The predicted octanol–water partition coefficient (Wildman–Crippen LogP) is 4.29. The van der Waals surface area contributed by atoms with Crippen LogP contribution in [0.15, 0.2) is 76.2 Å². The Morgan fingerprint density at radius 1 is 1.07 bits per heavy atom. The summed E-state index contributed by atoms with van der Waals surface area (Å²) in [7, 11) is -3.35. The van der Waals surface area contributed by atoms with Crippen LogP contribution in [0, 0.1) is 0 Å². The molecule has 0 bridgehead atoms. The number of carbonyl (C=O) groups is 1. The van der Waals surface area contributed by atoms with Crippen LogP contribution in [0.25, 0.3) is 0 Å². The molecular weight excluding hydrogens is 432 g/mol. The summed E-state index contributed by atoms with van der Waals surface area (Å²) in [5.74, 6) is 0.567. The lowest BCUT2D eigenvalue weighted by atomic mass is 10.2. The van der Waals surface area contributed by atoms with Crippen LogP contribution in [0.4, 0.5) is 5.69 Å². The molecule has 3 aromatic rings. The average molecular weight is 447 g/mol. The Balaban J connectivity index is 1.71. The third-order valence-corrected chi connectivity index (χ3v) is 5.14. The summed E-state index contributed by atoms with van der Waals surface area (Å²) in [6.07, 6.45) is 2.50. The summed E-state index contributed by atoms with van der Waals surface area (Å²) in [5, 5.41) is 2.66. The minimum Gasteiger partial charge on any atom is -0.439 e. The van der Waals surface area contributed by atoms with Gasteiger partial charge in [-0.2, -0.15) is 0 Å². The molecule has 1 N–H and O–H groups in total. The van der Waals surface area contributed by atoms with Gasteiger partial charge < -0.3 is 10.1 Å². The zero-order chi connectivity index (χ0) is 19.4. The molecule has 0 atom stereocenters. The van der Waals surface area contributed by atoms with E-state index in [4.69, 9.17) is 4.74 Å². The van der Waals surface area contributed by atoms with E-state index in [1.807, 2.05) is 12.1 Å². The van der Waals surface area contributed by atoms with E-state index in [0.29, 0.717) is 22.9 Å². The second-order valence-electron chi connectivity index (χ2n) is 5.70. The Bertz CT molecular complexity index is 1080. The maximum atomic E-state index is 12.3. The fourth-order valence-electron chi connectivity index (χ4n) is 2.23. The molecule has 138 valence electrons. The van der Waals surface area contributed by atoms with Gasteiger partial charge in [0.1, 0.15) is 5.75 Å². The Labute approximate surface area is 165 Å². The van der Waals surface area contributed by atoms with E-state index in [2.05, 4.69) is 26.2 Å². The molecule has 8 heteroatoms. The fourth-order valence-corrected chi connectivity index (χ4v) is 3.28. The third kappa shape index (κ3) is 5.15. The molecule has 0 aliphatic rings. The molecule has 0 radical (unpaired) electrons. The quantitative estimate of drug-likeness (QED) is 0.631. The van der Waals surface area contributed by atoms with Crippen LogP contribution >= 0.6 is 15.9 Å². The molecule has 0 saturated heterocycles. The second kappa shape index (κ2) is 7.89. The summed E-state index contributed by atoms with van der Waals surface area (Å²) in [4.78, 5) is 16.6. The fraction of sp³-hybridized carbons (Fsp3) is 0.0526. The number of nitrogens with one attached hydrogen (secondary N) is 1. The highest BCUT2D eigenvalue weighted by atomic mass is 79.9. The average Bonchev–Trinajstić information content (AvgIpc) is 2.62. The maximum absolute atomic E-state index is 12.3. The van der Waals surface area contributed by atoms with Crippen molar-refractivity contribution in [3.8, 4) is 11.6 Å². The number of aromatic nitrogens is 1. The van der Waals surface area contributed by atoms with Crippen molar-refractivity contribution in [2.45, 2.75) is 4.90 Å². The van der Waals surface area contributed by atoms with E-state index in [1.54, 1.807) is 36.4 Å². The van der Waals surface area contributed by atoms with Gasteiger partial charge in [0.2, 0.25) is 5.88 Å². The number of benzene rings is 2. The molecule has 1 amide bonds. The lowest BCUT2D eigenvalue weighted by Crippen LogP contribution is -2.12. The second-order valence-corrected chi connectivity index (χ2v) is 8.63. The number of hydrogen-bond donors (Lipinski definition) is 1. The Kier molecular flexibility index (Phi) is 5.57. The molecule has 1 aromatic heterocycles. The standard InChI is InChI=1S/C19H15BrN2O4S/c1-27(24,25)17-7-3-5-15(11-17)22-19(23)13-8-9-18(21-12-13)26-16-6-2-4-14(20)10-16/h2-12H,1H3,(H,22,23). The van der Waals surface area contributed by atoms with Gasteiger partial charge >= 0.3 is 0 Å². The first-order valence-corrected chi connectivity index (χ1v) is 10.5. The summed E-state index contributed by atoms with van der Waals surface area (Å²) in [5.41, 5.74) is 0.707. The van der Waals surface area contributed by atoms with Crippen LogP contribution in [0.3, 0.4) is 0 Å². The zero-order valence-electron chi connectivity index (χ0n) is 14.2. The molecule has 0 fully saturated rings. The number of amides is 1. The zero-order valence-corrected chi connectivity index (χ0v) is 16.6. The number of carbonyl (C=O) groups excluding carboxylic acids is 1. The molecule has 0 aliphatic carbocycles. The summed E-state index contributed by atoms with van der Waals surface area (Å²) >= 11 is 3.36. The number of halogens is 1. The number of anilines is 1. The molecule has 2 aromatic carbocycles. The molecule has 0 unspecified atom stereocenters. The molecule has 3 rings (SSSR count). The van der Waals surface area contributed by atoms with E-state index in [1.165, 1.54) is 18.3 Å². The minimum absolute atomic E-state index is 0.135. The molecule has 0 aliphatic heterocycles. The van der Waals surface area contributed by atoms with Gasteiger partial charge in [-0.3, -0.25) is 4.79 Å². The number of hydrogen-bond acceptors (Lipinski definition) is 5. The Hall–Kier alpha value is -2.71. The highest BCUT2D eigenvalue weighted by molar-refractivity contribution is 9.10. The van der Waals surface area contributed by atoms with Gasteiger partial charge in [-0.05, 0) is 42.5 Å². The minimum atomic E-state index is -3.35. The largest absolute Gasteiger partial charge is 0.439 e. The van der Waals surface area contributed by atoms with E-state index >= 15 is 0 Å². The van der Waals surface area contributed by atoms with Crippen molar-refractivity contribution in [1.29, 1.82) is 0 Å². The summed E-state index contributed by atoms with van der Waals surface area (Å²) in [6.45, 7) is 0. The molecule has 1 heterocycles. The van der Waals surface area contributed by atoms with Crippen molar-refractivity contribution in [2.75, 3.05) is 11.6 Å². The van der Waals surface area contributed by atoms with E-state index < -0.39 is 15.7 Å². The van der Waals surface area contributed by atoms with Crippen LogP contribution in [-0.4, -0.2) is 25.6 Å². The molecule has 0 spiro atoms. The summed E-state index contributed by atoms with van der Waals surface area (Å²) in [6, 6.07) is 16.5. The van der Waals surface area contributed by atoms with Crippen LogP contribution < -0.4 is 10.1 Å². The topological polar surface area (TPSA) is 85.4 Å². The van der Waals surface area contributed by atoms with Crippen molar-refractivity contribution >= 4 is 37.4 Å². The van der Waals surface area contributed by atoms with Crippen molar-refractivity contribution in [1.82, 2.24) is 4.98 Å². The molecular formula is C19H15BrN2O4S. The molecule has 6 nitrogen and oxygen atoms in total. The van der Waals surface area contributed by atoms with E-state index in [0.717, 1.165) is 10.7 Å². The first-order chi connectivity index (χ1) is 12.8. The van der Waals surface area contributed by atoms with Gasteiger partial charge in [0, 0.05) is 28.7 Å². The van der Waals surface area contributed by atoms with E-state index in [9.17, 15) is 13.2 Å². The van der Waals surface area contributed by atoms with Crippen molar-refractivity contribution < 1.29 is 17.9 Å². The maximum Gasteiger partial charge on any atom is 0.257 e. The Morgan fingerprint density at radius 2 is 1.85 bits per heavy atom. The van der Waals surface area contributed by atoms with E-state index in [-0.39, 0.29) is 4.90 Å². The lowest BCUT2D eigenvalue weighted by Gasteiger charge is -2.08. The van der Waals surface area contributed by atoms with Gasteiger partial charge in [-0.25, -0.2) is 13.4 Å². The first kappa shape index (κ1) is 19.1. The number of sulfone groups is 1. The lowest BCUT2D eigenvalue weighted by molar-refractivity contribution is 0.102. The SMILES string of the molecule is CS(=O)(=O)c1cccc(NC(=O)c2ccc(Oc3cccc(Br)c3)nc2)c1. The Morgan fingerprint density at radius 3 is 2.52 bits per heavy atom.